The number of allylic oxidation sites excluding steroid dienone is 1. The van der Waals surface area contributed by atoms with Crippen LogP contribution in [0.2, 0.25) is 0 Å². The number of aliphatic hydroxyl groups is 2. The van der Waals surface area contributed by atoms with E-state index in [9.17, 15) is 19.8 Å². The van der Waals surface area contributed by atoms with Crippen molar-refractivity contribution in [2.75, 3.05) is 13.2 Å². The summed E-state index contributed by atoms with van der Waals surface area (Å²) in [6, 6.07) is -0.625. The van der Waals surface area contributed by atoms with Gasteiger partial charge in [0.1, 0.15) is 0 Å². The van der Waals surface area contributed by atoms with E-state index in [0.29, 0.717) is 19.4 Å². The van der Waals surface area contributed by atoms with Gasteiger partial charge >= 0.3 is 5.97 Å². The highest BCUT2D eigenvalue weighted by atomic mass is 16.5. The van der Waals surface area contributed by atoms with E-state index in [-0.39, 0.29) is 18.5 Å². The first-order chi connectivity index (χ1) is 47.5. The predicted molar refractivity (Wildman–Crippen MR) is 426 cm³/mol. The molecule has 0 radical (unpaired) electrons. The number of hydrogen-bond donors (Lipinski definition) is 3. The zero-order valence-corrected chi connectivity index (χ0v) is 65.9. The Bertz CT molecular complexity index is 1470. The van der Waals surface area contributed by atoms with Crippen molar-refractivity contribution in [1.29, 1.82) is 0 Å². The molecule has 0 heterocycles. The lowest BCUT2D eigenvalue weighted by atomic mass is 10.0. The molecule has 6 nitrogen and oxygen atoms in total. The first kappa shape index (κ1) is 94.6. The number of amides is 1. The minimum atomic E-state index is -0.842. The fraction of sp³-hybridized carbons (Fsp3) is 0.956. The van der Waals surface area contributed by atoms with Crippen LogP contribution in [0.4, 0.5) is 0 Å². The SMILES string of the molecule is CCCCCCCCCCCCCCCCCCCCCCCCC/C=C/C(O)C(CO)NC(=O)CCCCCCCCCCCCCCCCCCCCCCCCCCCCCCCCCCCCCCCOC(=O)CCCCCCCCCCCCCCCCCCC. The molecule has 0 aromatic carbocycles. The Morgan fingerprint density at radius 3 is 0.708 bits per heavy atom. The Kier molecular flexibility index (Phi) is 84.8. The van der Waals surface area contributed by atoms with Crippen molar-refractivity contribution in [3.8, 4) is 0 Å². The molecular weight excluding hydrogens is 1170 g/mol. The van der Waals surface area contributed by atoms with E-state index < -0.39 is 12.1 Å². The van der Waals surface area contributed by atoms with Crippen LogP contribution in [0.5, 0.6) is 0 Å². The molecule has 1 amide bonds. The average molecular weight is 1350 g/mol. The molecule has 2 atom stereocenters. The lowest BCUT2D eigenvalue weighted by Crippen LogP contribution is -2.45. The lowest BCUT2D eigenvalue weighted by molar-refractivity contribution is -0.143. The summed E-state index contributed by atoms with van der Waals surface area (Å²) in [5.41, 5.74) is 0. The second kappa shape index (κ2) is 86.0. The van der Waals surface area contributed by atoms with E-state index in [2.05, 4.69) is 19.2 Å². The second-order valence-electron chi connectivity index (χ2n) is 31.3. The Labute approximate surface area is 603 Å². The largest absolute Gasteiger partial charge is 0.466 e. The average Bonchev–Trinajstić information content (AvgIpc) is 3.49. The number of carbonyl (C=O) groups is 2. The summed E-state index contributed by atoms with van der Waals surface area (Å²) in [5.74, 6) is -0.0270. The molecule has 0 saturated heterocycles. The molecule has 0 fully saturated rings. The Balaban J connectivity index is 3.32. The summed E-state index contributed by atoms with van der Waals surface area (Å²) in [5, 5.41) is 23.4. The fourth-order valence-electron chi connectivity index (χ4n) is 14.8. The zero-order chi connectivity index (χ0) is 69.1. The van der Waals surface area contributed by atoms with E-state index in [4.69, 9.17) is 4.74 Å². The van der Waals surface area contributed by atoms with E-state index >= 15 is 0 Å². The molecule has 0 aliphatic carbocycles. The minimum Gasteiger partial charge on any atom is -0.466 e. The summed E-state index contributed by atoms with van der Waals surface area (Å²) in [4.78, 5) is 24.7. The smallest absolute Gasteiger partial charge is 0.305 e. The van der Waals surface area contributed by atoms with E-state index in [1.54, 1.807) is 6.08 Å². The maximum absolute atomic E-state index is 12.6. The number of carbonyl (C=O) groups excluding carboxylic acids is 2. The maximum Gasteiger partial charge on any atom is 0.305 e. The number of aliphatic hydroxyl groups excluding tert-OH is 2. The molecule has 0 saturated carbocycles. The van der Waals surface area contributed by atoms with E-state index in [1.807, 2.05) is 6.08 Å². The number of rotatable bonds is 86. The highest BCUT2D eigenvalue weighted by Crippen LogP contribution is 2.22. The minimum absolute atomic E-state index is 0.0287. The van der Waals surface area contributed by atoms with Crippen LogP contribution in [-0.2, 0) is 14.3 Å². The molecule has 0 aliphatic rings. The number of hydrogen-bond acceptors (Lipinski definition) is 5. The molecule has 0 bridgehead atoms. The van der Waals surface area contributed by atoms with Crippen molar-refractivity contribution < 1.29 is 24.5 Å². The maximum atomic E-state index is 12.6. The van der Waals surface area contributed by atoms with Gasteiger partial charge < -0.3 is 20.3 Å². The van der Waals surface area contributed by atoms with Crippen LogP contribution in [0.25, 0.3) is 0 Å². The van der Waals surface area contributed by atoms with Gasteiger partial charge in [-0.05, 0) is 32.1 Å². The number of nitrogens with one attached hydrogen (secondary N) is 1. The van der Waals surface area contributed by atoms with Crippen molar-refractivity contribution in [2.45, 2.75) is 540 Å². The van der Waals surface area contributed by atoms with Gasteiger partial charge in [0.05, 0.1) is 25.4 Å². The van der Waals surface area contributed by atoms with Crippen LogP contribution < -0.4 is 5.32 Å². The van der Waals surface area contributed by atoms with Gasteiger partial charge in [-0.15, -0.1) is 0 Å². The predicted octanol–water partition coefficient (Wildman–Crippen LogP) is 30.2. The molecule has 0 aromatic rings. The van der Waals surface area contributed by atoms with Gasteiger partial charge in [0, 0.05) is 12.8 Å². The third kappa shape index (κ3) is 81.6. The molecule has 6 heteroatoms. The normalized spacial score (nSPS) is 12.4. The van der Waals surface area contributed by atoms with Gasteiger partial charge in [-0.1, -0.05) is 495 Å². The van der Waals surface area contributed by atoms with Crippen molar-refractivity contribution >= 4 is 11.9 Å². The summed E-state index contributed by atoms with van der Waals surface area (Å²) in [7, 11) is 0. The monoisotopic (exact) mass is 1350 g/mol. The first-order valence-electron chi connectivity index (χ1n) is 45.0. The zero-order valence-electron chi connectivity index (χ0n) is 65.9. The van der Waals surface area contributed by atoms with Crippen molar-refractivity contribution in [2.24, 2.45) is 0 Å². The van der Waals surface area contributed by atoms with Gasteiger partial charge in [-0.2, -0.15) is 0 Å². The number of esters is 1. The molecule has 96 heavy (non-hydrogen) atoms. The third-order valence-corrected chi connectivity index (χ3v) is 21.6. The standard InChI is InChI=1S/C90H177NO5/c1-3-5-7-9-11-13-15-17-19-21-22-23-24-38-41-44-47-51-54-58-62-66-70-74-78-82-88(93)87(86-92)91-89(94)83-79-75-71-67-63-59-55-52-48-45-42-39-36-34-32-30-28-26-25-27-29-31-33-35-37-40-43-46-49-53-57-61-65-69-73-77-81-85-96-90(95)84-80-76-72-68-64-60-56-50-20-18-16-14-12-10-8-6-4-2/h78,82,87-88,92-93H,3-77,79-81,83-86H2,1-2H3,(H,91,94)/b82-78+. The van der Waals surface area contributed by atoms with Gasteiger partial charge in [-0.3, -0.25) is 9.59 Å². The molecule has 0 aromatic heterocycles. The van der Waals surface area contributed by atoms with E-state index in [1.165, 1.54) is 462 Å². The van der Waals surface area contributed by atoms with Crippen molar-refractivity contribution in [3.05, 3.63) is 12.2 Å². The lowest BCUT2D eigenvalue weighted by Gasteiger charge is -2.20. The summed E-state index contributed by atoms with van der Waals surface area (Å²) >= 11 is 0. The molecule has 572 valence electrons. The van der Waals surface area contributed by atoms with Gasteiger partial charge in [0.15, 0.2) is 0 Å². The highest BCUT2D eigenvalue weighted by Gasteiger charge is 2.18. The Morgan fingerprint density at radius 2 is 0.479 bits per heavy atom. The summed E-state index contributed by atoms with van der Waals surface area (Å²) < 4.78 is 5.52. The fourth-order valence-corrected chi connectivity index (χ4v) is 14.8. The third-order valence-electron chi connectivity index (χ3n) is 21.6. The van der Waals surface area contributed by atoms with Crippen molar-refractivity contribution in [1.82, 2.24) is 5.32 Å². The van der Waals surface area contributed by atoms with Crippen LogP contribution in [0, 0.1) is 0 Å². The van der Waals surface area contributed by atoms with Crippen LogP contribution in [0.15, 0.2) is 12.2 Å². The molecule has 0 aliphatic heterocycles. The van der Waals surface area contributed by atoms with Crippen LogP contribution in [0.1, 0.15) is 528 Å². The van der Waals surface area contributed by atoms with Crippen LogP contribution in [-0.4, -0.2) is 47.4 Å². The highest BCUT2D eigenvalue weighted by molar-refractivity contribution is 5.76. The molecular formula is C90H177NO5. The molecule has 2 unspecified atom stereocenters. The Morgan fingerprint density at radius 1 is 0.281 bits per heavy atom. The number of unbranched alkanes of at least 4 members (excludes halogenated alkanes) is 75. The first-order valence-corrected chi connectivity index (χ1v) is 45.0. The van der Waals surface area contributed by atoms with Crippen molar-refractivity contribution in [3.63, 3.8) is 0 Å². The van der Waals surface area contributed by atoms with Crippen LogP contribution >= 0.6 is 0 Å². The number of ether oxygens (including phenoxy) is 1. The second-order valence-corrected chi connectivity index (χ2v) is 31.3. The van der Waals surface area contributed by atoms with Gasteiger partial charge in [0.25, 0.3) is 0 Å². The summed E-state index contributed by atoms with van der Waals surface area (Å²) in [6.07, 6.45) is 111. The van der Waals surface area contributed by atoms with E-state index in [0.717, 1.165) is 38.5 Å². The van der Waals surface area contributed by atoms with Gasteiger partial charge in [-0.25, -0.2) is 0 Å². The molecule has 0 spiro atoms. The summed E-state index contributed by atoms with van der Waals surface area (Å²) in [6.45, 7) is 4.98. The molecule has 3 N–H and O–H groups in total. The van der Waals surface area contributed by atoms with Gasteiger partial charge in [0.2, 0.25) is 5.91 Å². The van der Waals surface area contributed by atoms with Crippen LogP contribution in [0.3, 0.4) is 0 Å². The Hall–Kier alpha value is -1.40. The quantitative estimate of drug-likeness (QED) is 0.0320. The molecule has 0 rings (SSSR count). The topological polar surface area (TPSA) is 95.9 Å².